The lowest BCUT2D eigenvalue weighted by Crippen LogP contribution is -2.44. The maximum atomic E-state index is 13.3. The van der Waals surface area contributed by atoms with Crippen molar-refractivity contribution in [3.8, 4) is 5.75 Å². The minimum absolute atomic E-state index is 0.167. The van der Waals surface area contributed by atoms with Crippen molar-refractivity contribution in [1.82, 2.24) is 4.72 Å². The summed E-state index contributed by atoms with van der Waals surface area (Å²) >= 11 is 0. The summed E-state index contributed by atoms with van der Waals surface area (Å²) < 4.78 is 33.2. The van der Waals surface area contributed by atoms with Crippen LogP contribution in [-0.4, -0.2) is 27.9 Å². The zero-order valence-electron chi connectivity index (χ0n) is 22.5. The molecule has 1 N–H and O–H groups in total. The summed E-state index contributed by atoms with van der Waals surface area (Å²) in [6, 6.07) is 13.5. The smallest absolute Gasteiger partial charge is 0.240 e. The van der Waals surface area contributed by atoms with Crippen LogP contribution in [0.1, 0.15) is 80.9 Å². The third-order valence-corrected chi connectivity index (χ3v) is 11.1. The Bertz CT molecular complexity index is 1240. The second kappa shape index (κ2) is 10.5. The molecule has 2 aromatic rings. The zero-order valence-corrected chi connectivity index (χ0v) is 23.3. The van der Waals surface area contributed by atoms with E-state index in [4.69, 9.17) is 4.74 Å². The molecule has 37 heavy (non-hydrogen) atoms. The molecule has 6 heteroatoms. The molecule has 0 amide bonds. The Morgan fingerprint density at radius 3 is 2.59 bits per heavy atom. The lowest BCUT2D eigenvalue weighted by Gasteiger charge is -2.50. The predicted molar refractivity (Wildman–Crippen MR) is 146 cm³/mol. The summed E-state index contributed by atoms with van der Waals surface area (Å²) in [5.41, 5.74) is 3.79. The first-order valence-electron chi connectivity index (χ1n) is 14.0. The fourth-order valence-electron chi connectivity index (χ4n) is 7.73. The van der Waals surface area contributed by atoms with E-state index in [1.54, 1.807) is 19.2 Å². The van der Waals surface area contributed by atoms with Gasteiger partial charge in [0.2, 0.25) is 10.0 Å². The highest BCUT2D eigenvalue weighted by Gasteiger charge is 2.58. The van der Waals surface area contributed by atoms with Crippen molar-refractivity contribution >= 4 is 15.8 Å². The van der Waals surface area contributed by atoms with Crippen molar-refractivity contribution in [2.75, 3.05) is 13.7 Å². The van der Waals surface area contributed by atoms with Crippen molar-refractivity contribution < 1.29 is 17.9 Å². The first kappa shape index (κ1) is 26.4. The van der Waals surface area contributed by atoms with Gasteiger partial charge < -0.3 is 4.74 Å². The number of benzene rings is 2. The summed E-state index contributed by atoms with van der Waals surface area (Å²) in [4.78, 5) is 13.6. The van der Waals surface area contributed by atoms with E-state index in [1.807, 2.05) is 19.1 Å². The molecule has 1 unspecified atom stereocenters. The number of nitrogens with one attached hydrogen (secondary N) is 1. The van der Waals surface area contributed by atoms with Gasteiger partial charge in [-0.3, -0.25) is 4.79 Å². The summed E-state index contributed by atoms with van der Waals surface area (Å²) in [5, 5.41) is 0. The SMILES string of the molecule is COc1ccc2c(c1)CC[C@@H]1[C@@H]2CC[C@]2(C)C(=O)CC(CCCCCNS(=O)(=O)c3ccc(C)cc3)[C@@H]12. The van der Waals surface area contributed by atoms with Gasteiger partial charge in [0.1, 0.15) is 11.5 Å². The molecule has 2 fully saturated rings. The van der Waals surface area contributed by atoms with Gasteiger partial charge in [-0.15, -0.1) is 0 Å². The highest BCUT2D eigenvalue weighted by molar-refractivity contribution is 7.89. The van der Waals surface area contributed by atoms with Gasteiger partial charge in [0.05, 0.1) is 12.0 Å². The molecule has 3 aliphatic carbocycles. The molecule has 0 spiro atoms. The molecule has 2 aromatic carbocycles. The molecule has 200 valence electrons. The number of methoxy groups -OCH3 is 1. The van der Waals surface area contributed by atoms with Crippen LogP contribution in [-0.2, 0) is 21.2 Å². The van der Waals surface area contributed by atoms with Crippen molar-refractivity contribution in [3.05, 3.63) is 59.2 Å². The monoisotopic (exact) mass is 523 g/mol. The Kier molecular flexibility index (Phi) is 7.52. The van der Waals surface area contributed by atoms with Crippen molar-refractivity contribution in [2.24, 2.45) is 23.2 Å². The van der Waals surface area contributed by atoms with Crippen LogP contribution in [0.3, 0.4) is 0 Å². The molecule has 5 rings (SSSR count). The summed E-state index contributed by atoms with van der Waals surface area (Å²) in [6.07, 6.45) is 8.96. The lowest BCUT2D eigenvalue weighted by atomic mass is 9.54. The van der Waals surface area contributed by atoms with E-state index >= 15 is 0 Å². The number of sulfonamides is 1. The number of ether oxygens (including phenoxy) is 1. The largest absolute Gasteiger partial charge is 0.497 e. The minimum Gasteiger partial charge on any atom is -0.497 e. The molecule has 0 aromatic heterocycles. The molecule has 0 radical (unpaired) electrons. The minimum atomic E-state index is -3.46. The second-order valence-electron chi connectivity index (χ2n) is 11.8. The van der Waals surface area contributed by atoms with E-state index in [2.05, 4.69) is 29.8 Å². The van der Waals surface area contributed by atoms with E-state index in [1.165, 1.54) is 11.1 Å². The molecule has 5 atom stereocenters. The quantitative estimate of drug-likeness (QED) is 0.398. The number of aryl methyl sites for hydroxylation is 2. The van der Waals surface area contributed by atoms with Crippen LogP contribution < -0.4 is 9.46 Å². The number of unbranched alkanes of at least 4 members (excludes halogenated alkanes) is 2. The molecule has 0 heterocycles. The topological polar surface area (TPSA) is 72.5 Å². The van der Waals surface area contributed by atoms with Crippen LogP contribution in [0.5, 0.6) is 5.75 Å². The molecule has 0 bridgehead atoms. The Balaban J connectivity index is 1.17. The second-order valence-corrected chi connectivity index (χ2v) is 13.6. The van der Waals surface area contributed by atoms with Crippen LogP contribution in [0.15, 0.2) is 47.4 Å². The van der Waals surface area contributed by atoms with Crippen molar-refractivity contribution in [2.45, 2.75) is 82.4 Å². The van der Waals surface area contributed by atoms with Crippen LogP contribution >= 0.6 is 0 Å². The standard InChI is InChI=1S/C31H41NO4S/c1-21-8-12-25(13-9-21)37(34,35)32-18-6-4-5-7-23-20-29(33)31(2)17-16-27-26-15-11-24(36-3)19-22(26)10-14-28(27)30(23)31/h8-9,11-13,15,19,23,27-28,30,32H,4-7,10,14,16-18,20H2,1-3H3/t23?,27-,28-,30+,31-/m1/s1. The number of Topliss-reactive ketones (excluding diaryl/α,β-unsaturated/α-hetero) is 1. The van der Waals surface area contributed by atoms with E-state index in [0.717, 1.165) is 69.1 Å². The number of hydrogen-bond donors (Lipinski definition) is 1. The summed E-state index contributed by atoms with van der Waals surface area (Å²) in [7, 11) is -1.73. The van der Waals surface area contributed by atoms with Crippen molar-refractivity contribution in [3.63, 3.8) is 0 Å². The molecule has 5 nitrogen and oxygen atoms in total. The molecular weight excluding hydrogens is 482 g/mol. The highest BCUT2D eigenvalue weighted by Crippen LogP contribution is 2.62. The summed E-state index contributed by atoms with van der Waals surface area (Å²) in [6.45, 7) is 4.65. The average molecular weight is 524 g/mol. The van der Waals surface area contributed by atoms with E-state index in [9.17, 15) is 13.2 Å². The molecule has 0 aliphatic heterocycles. The van der Waals surface area contributed by atoms with E-state index in [-0.39, 0.29) is 5.41 Å². The lowest BCUT2D eigenvalue weighted by molar-refractivity contribution is -0.129. The summed E-state index contributed by atoms with van der Waals surface area (Å²) in [5.74, 6) is 3.47. The van der Waals surface area contributed by atoms with Gasteiger partial charge in [-0.25, -0.2) is 13.1 Å². The van der Waals surface area contributed by atoms with Gasteiger partial charge in [0.15, 0.2) is 0 Å². The van der Waals surface area contributed by atoms with Gasteiger partial charge >= 0.3 is 0 Å². The first-order chi connectivity index (χ1) is 17.7. The third kappa shape index (κ3) is 5.12. The zero-order chi connectivity index (χ0) is 26.2. The number of carbonyl (C=O) groups excluding carboxylic acids is 1. The van der Waals surface area contributed by atoms with Crippen LogP contribution in [0, 0.1) is 30.1 Å². The Morgan fingerprint density at radius 1 is 1.05 bits per heavy atom. The number of fused-ring (bicyclic) bond motifs is 5. The van der Waals surface area contributed by atoms with Gasteiger partial charge in [-0.2, -0.15) is 0 Å². The Hall–Kier alpha value is -2.18. The van der Waals surface area contributed by atoms with Gasteiger partial charge in [0, 0.05) is 18.4 Å². The van der Waals surface area contributed by atoms with Crippen LogP contribution in [0.25, 0.3) is 0 Å². The Morgan fingerprint density at radius 2 is 1.84 bits per heavy atom. The average Bonchev–Trinajstić information content (AvgIpc) is 3.15. The fraction of sp³-hybridized carbons (Fsp3) is 0.581. The number of hydrogen-bond acceptors (Lipinski definition) is 4. The fourth-order valence-corrected chi connectivity index (χ4v) is 8.80. The predicted octanol–water partition coefficient (Wildman–Crippen LogP) is 6.19. The molecular formula is C31H41NO4S. The number of ketones is 1. The molecule has 0 saturated heterocycles. The third-order valence-electron chi connectivity index (χ3n) is 9.65. The van der Waals surface area contributed by atoms with E-state index in [0.29, 0.717) is 40.9 Å². The number of carbonyl (C=O) groups is 1. The highest BCUT2D eigenvalue weighted by atomic mass is 32.2. The van der Waals surface area contributed by atoms with Crippen molar-refractivity contribution in [1.29, 1.82) is 0 Å². The molecule has 2 saturated carbocycles. The van der Waals surface area contributed by atoms with Gasteiger partial charge in [-0.1, -0.05) is 43.5 Å². The van der Waals surface area contributed by atoms with Gasteiger partial charge in [0.25, 0.3) is 0 Å². The first-order valence-corrected chi connectivity index (χ1v) is 15.5. The van der Waals surface area contributed by atoms with Crippen LogP contribution in [0.2, 0.25) is 0 Å². The normalized spacial score (nSPS) is 28.9. The maximum absolute atomic E-state index is 13.3. The maximum Gasteiger partial charge on any atom is 0.240 e. The van der Waals surface area contributed by atoms with Crippen LogP contribution in [0.4, 0.5) is 0 Å². The van der Waals surface area contributed by atoms with E-state index < -0.39 is 10.0 Å². The van der Waals surface area contributed by atoms with Gasteiger partial charge in [-0.05, 0) is 105 Å². The number of rotatable bonds is 9. The Labute approximate surface area is 222 Å². The molecule has 3 aliphatic rings.